The number of nitrogens with two attached hydrogens (primary N) is 1. The van der Waals surface area contributed by atoms with Crippen LogP contribution in [0.1, 0.15) is 12.6 Å². The van der Waals surface area contributed by atoms with Crippen molar-refractivity contribution in [1.29, 1.82) is 5.26 Å². The normalized spacial score (nSPS) is 22.2. The van der Waals surface area contributed by atoms with Crippen LogP contribution in [0.4, 0.5) is 5.69 Å². The second-order valence-corrected chi connectivity index (χ2v) is 5.21. The van der Waals surface area contributed by atoms with Gasteiger partial charge in [-0.15, -0.1) is 0 Å². The quantitative estimate of drug-likeness (QED) is 0.886. The Balaban J connectivity index is 2.07. The Labute approximate surface area is 123 Å². The first kappa shape index (κ1) is 13.7. The number of aromatic nitrogens is 2. The molecule has 1 aliphatic heterocycles. The Morgan fingerprint density at radius 3 is 3.10 bits per heavy atom. The minimum absolute atomic E-state index is 0.0103. The third-order valence-electron chi connectivity index (χ3n) is 3.66. The van der Waals surface area contributed by atoms with Gasteiger partial charge in [0.2, 0.25) is 0 Å². The Bertz CT molecular complexity index is 696. The summed E-state index contributed by atoms with van der Waals surface area (Å²) in [6.07, 6.45) is 3.54. The lowest BCUT2D eigenvalue weighted by atomic mass is 10.1. The van der Waals surface area contributed by atoms with Gasteiger partial charge in [0.25, 0.3) is 0 Å². The molecule has 3 heterocycles. The van der Waals surface area contributed by atoms with Crippen molar-refractivity contribution in [2.45, 2.75) is 19.1 Å². The first-order chi connectivity index (χ1) is 10.2. The van der Waals surface area contributed by atoms with E-state index in [0.29, 0.717) is 17.8 Å². The fourth-order valence-electron chi connectivity index (χ4n) is 2.76. The smallest absolute Gasteiger partial charge is 0.166 e. The van der Waals surface area contributed by atoms with Gasteiger partial charge in [0, 0.05) is 31.2 Å². The lowest BCUT2D eigenvalue weighted by Gasteiger charge is -2.38. The van der Waals surface area contributed by atoms with Crippen molar-refractivity contribution >= 4 is 16.6 Å². The molecule has 2 atom stereocenters. The van der Waals surface area contributed by atoms with Crippen molar-refractivity contribution in [3.63, 3.8) is 0 Å². The van der Waals surface area contributed by atoms with Gasteiger partial charge in [0.15, 0.2) is 5.69 Å². The van der Waals surface area contributed by atoms with E-state index in [1.807, 2.05) is 19.1 Å². The lowest BCUT2D eigenvalue weighted by molar-refractivity contribution is -0.0104. The second-order valence-electron chi connectivity index (χ2n) is 5.21. The zero-order chi connectivity index (χ0) is 14.8. The molecule has 0 bridgehead atoms. The fourth-order valence-corrected chi connectivity index (χ4v) is 2.76. The van der Waals surface area contributed by atoms with E-state index in [-0.39, 0.29) is 12.2 Å². The van der Waals surface area contributed by atoms with Crippen molar-refractivity contribution in [2.24, 2.45) is 5.73 Å². The van der Waals surface area contributed by atoms with Crippen LogP contribution >= 0.6 is 0 Å². The van der Waals surface area contributed by atoms with Crippen molar-refractivity contribution in [3.05, 3.63) is 30.2 Å². The largest absolute Gasteiger partial charge is 0.370 e. The van der Waals surface area contributed by atoms with E-state index in [0.717, 1.165) is 24.2 Å². The molecule has 21 heavy (non-hydrogen) atoms. The molecule has 2 aromatic rings. The Morgan fingerprint density at radius 2 is 2.33 bits per heavy atom. The summed E-state index contributed by atoms with van der Waals surface area (Å²) in [6.45, 7) is 4.01. The van der Waals surface area contributed by atoms with Gasteiger partial charge in [0.1, 0.15) is 11.6 Å². The fraction of sp³-hybridized carbons (Fsp3) is 0.400. The molecule has 0 spiro atoms. The number of ether oxygens (including phenoxy) is 1. The monoisotopic (exact) mass is 283 g/mol. The van der Waals surface area contributed by atoms with Crippen LogP contribution in [0.25, 0.3) is 10.9 Å². The highest BCUT2D eigenvalue weighted by Gasteiger charge is 2.26. The average Bonchev–Trinajstić information content (AvgIpc) is 2.53. The summed E-state index contributed by atoms with van der Waals surface area (Å²) in [5.41, 5.74) is 7.71. The molecule has 0 aliphatic carbocycles. The van der Waals surface area contributed by atoms with Crippen LogP contribution in [0.2, 0.25) is 0 Å². The number of hydrogen-bond donors (Lipinski definition) is 1. The number of anilines is 1. The topological polar surface area (TPSA) is 88.1 Å². The van der Waals surface area contributed by atoms with Crippen LogP contribution < -0.4 is 10.6 Å². The standard InChI is InChI=1S/C15H17N5O/c1-10-8-20(9-11(5-16)21-10)14-7-19-13(6-17)15-12(14)3-2-4-18-15/h2-4,7,10-11H,5,8-9,16H2,1H3/t10-,11+/m1/s1. The number of nitriles is 1. The van der Waals surface area contributed by atoms with E-state index in [9.17, 15) is 0 Å². The molecule has 6 nitrogen and oxygen atoms in total. The molecule has 1 fully saturated rings. The van der Waals surface area contributed by atoms with Gasteiger partial charge < -0.3 is 15.4 Å². The zero-order valence-corrected chi connectivity index (χ0v) is 11.9. The number of rotatable bonds is 2. The van der Waals surface area contributed by atoms with E-state index < -0.39 is 0 Å². The highest BCUT2D eigenvalue weighted by atomic mass is 16.5. The Morgan fingerprint density at radius 1 is 1.48 bits per heavy atom. The van der Waals surface area contributed by atoms with Gasteiger partial charge in [-0.05, 0) is 19.1 Å². The molecule has 2 aromatic heterocycles. The maximum absolute atomic E-state index is 9.16. The van der Waals surface area contributed by atoms with Crippen LogP contribution in [0.3, 0.4) is 0 Å². The molecule has 0 amide bonds. The number of morpholine rings is 1. The summed E-state index contributed by atoms with van der Waals surface area (Å²) in [5, 5.41) is 10.1. The maximum Gasteiger partial charge on any atom is 0.166 e. The van der Waals surface area contributed by atoms with Crippen molar-refractivity contribution in [3.8, 4) is 6.07 Å². The third kappa shape index (κ3) is 2.53. The molecule has 1 saturated heterocycles. The average molecular weight is 283 g/mol. The van der Waals surface area contributed by atoms with Gasteiger partial charge in [-0.2, -0.15) is 5.26 Å². The van der Waals surface area contributed by atoms with E-state index in [4.69, 9.17) is 15.7 Å². The summed E-state index contributed by atoms with van der Waals surface area (Å²) in [6, 6.07) is 5.93. The Kier molecular flexibility index (Phi) is 3.69. The highest BCUT2D eigenvalue weighted by Crippen LogP contribution is 2.28. The van der Waals surface area contributed by atoms with Gasteiger partial charge in [-0.1, -0.05) is 0 Å². The van der Waals surface area contributed by atoms with Crippen molar-refractivity contribution < 1.29 is 4.74 Å². The minimum Gasteiger partial charge on any atom is -0.370 e. The summed E-state index contributed by atoms with van der Waals surface area (Å²) >= 11 is 0. The number of nitrogens with zero attached hydrogens (tertiary/aromatic N) is 4. The van der Waals surface area contributed by atoms with E-state index in [1.165, 1.54) is 0 Å². The summed E-state index contributed by atoms with van der Waals surface area (Å²) in [5.74, 6) is 0. The third-order valence-corrected chi connectivity index (χ3v) is 3.66. The molecule has 2 N–H and O–H groups in total. The summed E-state index contributed by atoms with van der Waals surface area (Å²) in [7, 11) is 0. The van der Waals surface area contributed by atoms with E-state index in [2.05, 4.69) is 20.9 Å². The summed E-state index contributed by atoms with van der Waals surface area (Å²) < 4.78 is 5.79. The first-order valence-electron chi connectivity index (χ1n) is 6.97. The maximum atomic E-state index is 9.16. The number of hydrogen-bond acceptors (Lipinski definition) is 6. The second kappa shape index (κ2) is 5.64. The Hall–Kier alpha value is -2.23. The van der Waals surface area contributed by atoms with Crippen LogP contribution in [0.5, 0.6) is 0 Å². The van der Waals surface area contributed by atoms with Crippen LogP contribution in [-0.2, 0) is 4.74 Å². The molecular formula is C15H17N5O. The SMILES string of the molecule is C[C@@H]1CN(c2cnc(C#N)c3ncccc23)C[C@H](CN)O1. The van der Waals surface area contributed by atoms with Gasteiger partial charge in [-0.3, -0.25) is 4.98 Å². The van der Waals surface area contributed by atoms with Crippen molar-refractivity contribution in [1.82, 2.24) is 9.97 Å². The molecule has 0 radical (unpaired) electrons. The predicted octanol–water partition coefficient (Wildman–Crippen LogP) is 1.05. The van der Waals surface area contributed by atoms with E-state index >= 15 is 0 Å². The highest BCUT2D eigenvalue weighted by molar-refractivity contribution is 5.93. The molecular weight excluding hydrogens is 266 g/mol. The molecule has 0 aromatic carbocycles. The molecule has 1 aliphatic rings. The number of pyridine rings is 2. The summed E-state index contributed by atoms with van der Waals surface area (Å²) in [4.78, 5) is 10.7. The van der Waals surface area contributed by atoms with Crippen molar-refractivity contribution in [2.75, 3.05) is 24.5 Å². The van der Waals surface area contributed by atoms with Gasteiger partial charge in [-0.25, -0.2) is 4.98 Å². The van der Waals surface area contributed by atoms with E-state index in [1.54, 1.807) is 12.4 Å². The zero-order valence-electron chi connectivity index (χ0n) is 11.9. The predicted molar refractivity (Wildman–Crippen MR) is 79.9 cm³/mol. The van der Waals surface area contributed by atoms with Gasteiger partial charge >= 0.3 is 0 Å². The van der Waals surface area contributed by atoms with Gasteiger partial charge in [0.05, 0.1) is 24.1 Å². The first-order valence-corrected chi connectivity index (χ1v) is 6.97. The molecule has 6 heteroatoms. The minimum atomic E-state index is 0.0103. The van der Waals surface area contributed by atoms with Crippen LogP contribution in [-0.4, -0.2) is 41.8 Å². The van der Waals surface area contributed by atoms with Crippen LogP contribution in [0, 0.1) is 11.3 Å². The number of fused-ring (bicyclic) bond motifs is 1. The molecule has 108 valence electrons. The molecule has 3 rings (SSSR count). The lowest BCUT2D eigenvalue weighted by Crippen LogP contribution is -2.49. The molecule has 0 unspecified atom stereocenters. The molecule has 0 saturated carbocycles. The van der Waals surface area contributed by atoms with Crippen LogP contribution in [0.15, 0.2) is 24.5 Å².